The Balaban J connectivity index is 0.00000200. The van der Waals surface area contributed by atoms with Gasteiger partial charge in [0.1, 0.15) is 0 Å². The Morgan fingerprint density at radius 1 is 1.55 bits per heavy atom. The van der Waals surface area contributed by atoms with Crippen LogP contribution in [-0.2, 0) is 0 Å². The topological polar surface area (TPSA) is 98.3 Å². The zero-order valence-corrected chi connectivity index (χ0v) is 13.5. The highest BCUT2D eigenvalue weighted by Gasteiger charge is 2.31. The third-order valence-electron chi connectivity index (χ3n) is 3.17. The average molecular weight is 412 g/mol. The fourth-order valence-electron chi connectivity index (χ4n) is 1.92. The van der Waals surface area contributed by atoms with Crippen LogP contribution in [0.2, 0.25) is 0 Å². The lowest BCUT2D eigenvalue weighted by atomic mass is 10.1. The highest BCUT2D eigenvalue weighted by molar-refractivity contribution is 14.1. The summed E-state index contributed by atoms with van der Waals surface area (Å²) in [7, 11) is 0. The summed E-state index contributed by atoms with van der Waals surface area (Å²) in [5, 5.41) is 13.5. The molecule has 1 amide bonds. The highest BCUT2D eigenvalue weighted by atomic mass is 127. The zero-order chi connectivity index (χ0) is 14.0. The summed E-state index contributed by atoms with van der Waals surface area (Å²) in [6.07, 6.45) is 2.19. The second-order valence-electron chi connectivity index (χ2n) is 4.57. The number of hydrogen-bond donors (Lipinski definition) is 2. The molecule has 3 N–H and O–H groups in total. The number of benzene rings is 1. The number of nitro groups is 1. The van der Waals surface area contributed by atoms with E-state index in [0.717, 1.165) is 12.8 Å². The maximum Gasteiger partial charge on any atom is 0.270 e. The molecule has 1 fully saturated rings. The van der Waals surface area contributed by atoms with Crippen LogP contribution in [0.3, 0.4) is 0 Å². The summed E-state index contributed by atoms with van der Waals surface area (Å²) in [6.45, 7) is 0.417. The first kappa shape index (κ1) is 17.1. The predicted octanol–water partition coefficient (Wildman–Crippen LogP) is 2.09. The van der Waals surface area contributed by atoms with Gasteiger partial charge in [-0.05, 0) is 47.4 Å². The van der Waals surface area contributed by atoms with Crippen LogP contribution in [0, 0.1) is 19.6 Å². The average Bonchev–Trinajstić information content (AvgIpc) is 3.19. The Kier molecular flexibility index (Phi) is 6.15. The standard InChI is InChI=1S/C12H14IN3O3.ClH/c13-10-5-8(16(18)19)3-4-9(10)12(17)15-11(6-14)7-1-2-7;/h3-5,7,11H,1-2,6,14H2,(H,15,17);1H. The minimum Gasteiger partial charge on any atom is -0.348 e. The van der Waals surface area contributed by atoms with Gasteiger partial charge >= 0.3 is 0 Å². The van der Waals surface area contributed by atoms with Crippen LogP contribution in [0.1, 0.15) is 23.2 Å². The molecule has 0 bridgehead atoms. The first-order valence-electron chi connectivity index (χ1n) is 5.97. The molecule has 1 unspecified atom stereocenters. The molecule has 0 aromatic heterocycles. The summed E-state index contributed by atoms with van der Waals surface area (Å²) in [5.74, 6) is 0.256. The molecule has 1 aromatic carbocycles. The molecular weight excluding hydrogens is 397 g/mol. The van der Waals surface area contributed by atoms with E-state index in [0.29, 0.717) is 21.6 Å². The summed E-state index contributed by atoms with van der Waals surface area (Å²) in [4.78, 5) is 22.3. The fourth-order valence-corrected chi connectivity index (χ4v) is 2.66. The van der Waals surface area contributed by atoms with E-state index in [1.807, 2.05) is 22.6 Å². The highest BCUT2D eigenvalue weighted by Crippen LogP contribution is 2.32. The number of nitrogens with zero attached hydrogens (tertiary/aromatic N) is 1. The minimum atomic E-state index is -0.475. The molecule has 0 saturated heterocycles. The van der Waals surface area contributed by atoms with Gasteiger partial charge in [0.05, 0.1) is 10.5 Å². The monoisotopic (exact) mass is 411 g/mol. The van der Waals surface area contributed by atoms with Gasteiger partial charge in [-0.25, -0.2) is 0 Å². The van der Waals surface area contributed by atoms with Crippen molar-refractivity contribution in [2.24, 2.45) is 11.7 Å². The van der Waals surface area contributed by atoms with Crippen molar-refractivity contribution >= 4 is 46.6 Å². The SMILES string of the molecule is Cl.NCC(NC(=O)c1ccc([N+](=O)[O-])cc1I)C1CC1. The fraction of sp³-hybridized carbons (Fsp3) is 0.417. The minimum absolute atomic E-state index is 0. The van der Waals surface area contributed by atoms with Crippen LogP contribution < -0.4 is 11.1 Å². The van der Waals surface area contributed by atoms with Crippen LogP contribution in [0.5, 0.6) is 0 Å². The quantitative estimate of drug-likeness (QED) is 0.440. The van der Waals surface area contributed by atoms with E-state index >= 15 is 0 Å². The first-order valence-corrected chi connectivity index (χ1v) is 7.05. The van der Waals surface area contributed by atoms with Gasteiger partial charge in [-0.3, -0.25) is 14.9 Å². The zero-order valence-electron chi connectivity index (χ0n) is 10.5. The van der Waals surface area contributed by atoms with E-state index in [4.69, 9.17) is 5.73 Å². The number of hydrogen-bond acceptors (Lipinski definition) is 4. The van der Waals surface area contributed by atoms with Gasteiger partial charge < -0.3 is 11.1 Å². The molecule has 1 aliphatic carbocycles. The number of rotatable bonds is 5. The van der Waals surface area contributed by atoms with E-state index in [9.17, 15) is 14.9 Å². The molecule has 2 rings (SSSR count). The molecule has 1 saturated carbocycles. The number of nitro benzene ring substituents is 1. The number of carbonyl (C=O) groups is 1. The van der Waals surface area contributed by atoms with Crippen molar-refractivity contribution in [1.82, 2.24) is 5.32 Å². The summed E-state index contributed by atoms with van der Waals surface area (Å²) in [5.41, 5.74) is 6.07. The van der Waals surface area contributed by atoms with Crippen molar-refractivity contribution in [3.8, 4) is 0 Å². The lowest BCUT2D eigenvalue weighted by Crippen LogP contribution is -2.42. The van der Waals surface area contributed by atoms with Gasteiger partial charge in [-0.2, -0.15) is 0 Å². The molecule has 110 valence electrons. The molecule has 0 heterocycles. The molecule has 0 radical (unpaired) electrons. The largest absolute Gasteiger partial charge is 0.348 e. The van der Waals surface area contributed by atoms with Gasteiger partial charge in [0, 0.05) is 28.3 Å². The number of nitrogens with one attached hydrogen (secondary N) is 1. The first-order chi connectivity index (χ1) is 9.02. The molecule has 20 heavy (non-hydrogen) atoms. The molecule has 6 nitrogen and oxygen atoms in total. The Labute approximate surface area is 136 Å². The summed E-state index contributed by atoms with van der Waals surface area (Å²) < 4.78 is 0.566. The van der Waals surface area contributed by atoms with E-state index in [1.165, 1.54) is 18.2 Å². The second-order valence-corrected chi connectivity index (χ2v) is 5.74. The molecule has 1 aromatic rings. The van der Waals surface area contributed by atoms with E-state index in [1.54, 1.807) is 0 Å². The molecule has 1 atom stereocenters. The number of amides is 1. The van der Waals surface area contributed by atoms with Gasteiger partial charge in [0.25, 0.3) is 11.6 Å². The predicted molar refractivity (Wildman–Crippen MR) is 86.1 cm³/mol. The molecule has 0 spiro atoms. The maximum atomic E-state index is 12.1. The molecule has 8 heteroatoms. The van der Waals surface area contributed by atoms with Crippen molar-refractivity contribution in [3.63, 3.8) is 0 Å². The Morgan fingerprint density at radius 3 is 2.65 bits per heavy atom. The number of halogens is 2. The van der Waals surface area contributed by atoms with Crippen molar-refractivity contribution < 1.29 is 9.72 Å². The third kappa shape index (κ3) is 4.03. The molecule has 0 aliphatic heterocycles. The van der Waals surface area contributed by atoms with Crippen molar-refractivity contribution in [2.45, 2.75) is 18.9 Å². The van der Waals surface area contributed by atoms with Crippen LogP contribution in [-0.4, -0.2) is 23.4 Å². The number of nitrogens with two attached hydrogens (primary N) is 1. The normalized spacial score (nSPS) is 15.1. The lowest BCUT2D eigenvalue weighted by molar-refractivity contribution is -0.384. The van der Waals surface area contributed by atoms with Crippen LogP contribution in [0.25, 0.3) is 0 Å². The number of non-ortho nitro benzene ring substituents is 1. The van der Waals surface area contributed by atoms with Crippen LogP contribution in [0.15, 0.2) is 18.2 Å². The van der Waals surface area contributed by atoms with Crippen LogP contribution in [0.4, 0.5) is 5.69 Å². The van der Waals surface area contributed by atoms with E-state index < -0.39 is 4.92 Å². The Morgan fingerprint density at radius 2 is 2.20 bits per heavy atom. The van der Waals surface area contributed by atoms with Gasteiger partial charge in [0.2, 0.25) is 0 Å². The van der Waals surface area contributed by atoms with Gasteiger partial charge in [-0.15, -0.1) is 12.4 Å². The van der Waals surface area contributed by atoms with Crippen molar-refractivity contribution in [2.75, 3.05) is 6.54 Å². The van der Waals surface area contributed by atoms with Crippen LogP contribution >= 0.6 is 35.0 Å². The van der Waals surface area contributed by atoms with Crippen molar-refractivity contribution in [1.29, 1.82) is 0 Å². The lowest BCUT2D eigenvalue weighted by Gasteiger charge is -2.16. The van der Waals surface area contributed by atoms with Gasteiger partial charge in [-0.1, -0.05) is 0 Å². The van der Waals surface area contributed by atoms with Gasteiger partial charge in [0.15, 0.2) is 0 Å². The van der Waals surface area contributed by atoms with Crippen molar-refractivity contribution in [3.05, 3.63) is 37.4 Å². The smallest absolute Gasteiger partial charge is 0.270 e. The third-order valence-corrected chi connectivity index (χ3v) is 4.06. The molecule has 1 aliphatic rings. The summed E-state index contributed by atoms with van der Waals surface area (Å²) >= 11 is 1.93. The van der Waals surface area contributed by atoms with E-state index in [-0.39, 0.29) is 30.0 Å². The molecular formula is C12H15ClIN3O3. The Hall–Kier alpha value is -0.930. The second kappa shape index (κ2) is 7.19. The summed E-state index contributed by atoms with van der Waals surface area (Å²) in [6, 6.07) is 4.21. The Bertz CT molecular complexity index is 523. The maximum absolute atomic E-state index is 12.1. The van der Waals surface area contributed by atoms with E-state index in [2.05, 4.69) is 5.32 Å². The number of carbonyl (C=O) groups excluding carboxylic acids is 1.